The van der Waals surface area contributed by atoms with Gasteiger partial charge in [-0.15, -0.1) is 0 Å². The van der Waals surface area contributed by atoms with Crippen molar-refractivity contribution < 1.29 is 4.74 Å². The Labute approximate surface area is 123 Å². The zero-order valence-corrected chi connectivity index (χ0v) is 12.2. The van der Waals surface area contributed by atoms with E-state index in [-0.39, 0.29) is 5.56 Å². The molecule has 1 aliphatic rings. The van der Waals surface area contributed by atoms with E-state index in [9.17, 15) is 4.79 Å². The van der Waals surface area contributed by atoms with E-state index < -0.39 is 0 Å². The van der Waals surface area contributed by atoms with Gasteiger partial charge in [0.05, 0.1) is 17.5 Å². The molecule has 0 amide bonds. The summed E-state index contributed by atoms with van der Waals surface area (Å²) >= 11 is 0. The maximum absolute atomic E-state index is 12.1. The largest absolute Gasteiger partial charge is 0.383 e. The molecule has 1 aromatic heterocycles. The number of nitrogens with zero attached hydrogens (tertiary/aromatic N) is 3. The second-order valence-corrected chi connectivity index (χ2v) is 5.23. The molecular weight excluding hydrogens is 268 g/mol. The maximum atomic E-state index is 12.1. The van der Waals surface area contributed by atoms with Crippen LogP contribution < -0.4 is 10.5 Å². The van der Waals surface area contributed by atoms with E-state index in [2.05, 4.69) is 19.8 Å². The number of fused-ring (bicyclic) bond motifs is 1. The summed E-state index contributed by atoms with van der Waals surface area (Å²) < 4.78 is 5.10. The first-order valence-corrected chi connectivity index (χ1v) is 7.23. The standard InChI is InChI=1S/C15H20N4O2/c1-21-11-10-18-6-8-19(9-7-18)15-16-13-5-3-2-4-12(13)14(20)17-15/h2-5H,6-11H2,1H3,(H,16,17,20). The van der Waals surface area contributed by atoms with Gasteiger partial charge < -0.3 is 9.64 Å². The Balaban J connectivity index is 1.75. The molecule has 2 heterocycles. The third-order valence-electron chi connectivity index (χ3n) is 3.88. The van der Waals surface area contributed by atoms with Crippen LogP contribution in [0.4, 0.5) is 5.95 Å². The van der Waals surface area contributed by atoms with Gasteiger partial charge in [-0.2, -0.15) is 0 Å². The van der Waals surface area contributed by atoms with Crippen molar-refractivity contribution in [3.63, 3.8) is 0 Å². The van der Waals surface area contributed by atoms with Crippen LogP contribution in [0.3, 0.4) is 0 Å². The number of hydrogen-bond donors (Lipinski definition) is 1. The minimum absolute atomic E-state index is 0.0718. The quantitative estimate of drug-likeness (QED) is 0.897. The van der Waals surface area contributed by atoms with Crippen molar-refractivity contribution in [2.75, 3.05) is 51.3 Å². The number of ether oxygens (including phenoxy) is 1. The normalized spacial score (nSPS) is 16.5. The minimum atomic E-state index is -0.0718. The Kier molecular flexibility index (Phi) is 4.17. The number of methoxy groups -OCH3 is 1. The van der Waals surface area contributed by atoms with Gasteiger partial charge in [-0.05, 0) is 12.1 Å². The molecule has 0 aliphatic carbocycles. The maximum Gasteiger partial charge on any atom is 0.260 e. The minimum Gasteiger partial charge on any atom is -0.383 e. The lowest BCUT2D eigenvalue weighted by Gasteiger charge is -2.34. The van der Waals surface area contributed by atoms with Crippen LogP contribution in [0.2, 0.25) is 0 Å². The lowest BCUT2D eigenvalue weighted by Crippen LogP contribution is -2.48. The molecule has 1 N–H and O–H groups in total. The monoisotopic (exact) mass is 288 g/mol. The van der Waals surface area contributed by atoms with Gasteiger partial charge in [0, 0.05) is 39.8 Å². The number of nitrogens with one attached hydrogen (secondary N) is 1. The predicted molar refractivity (Wildman–Crippen MR) is 82.9 cm³/mol. The molecule has 6 heteroatoms. The third-order valence-corrected chi connectivity index (χ3v) is 3.88. The van der Waals surface area contributed by atoms with Crippen LogP contribution in [-0.2, 0) is 4.74 Å². The van der Waals surface area contributed by atoms with Gasteiger partial charge >= 0.3 is 0 Å². The summed E-state index contributed by atoms with van der Waals surface area (Å²) in [4.78, 5) is 24.1. The Hall–Kier alpha value is -1.92. The third kappa shape index (κ3) is 3.06. The summed E-state index contributed by atoms with van der Waals surface area (Å²) in [6.07, 6.45) is 0. The Morgan fingerprint density at radius 2 is 2.00 bits per heavy atom. The Morgan fingerprint density at radius 1 is 1.24 bits per heavy atom. The SMILES string of the molecule is COCCN1CCN(c2nc3ccccc3c(=O)[nH]2)CC1. The zero-order chi connectivity index (χ0) is 14.7. The second kappa shape index (κ2) is 6.24. The molecule has 6 nitrogen and oxygen atoms in total. The van der Waals surface area contributed by atoms with Gasteiger partial charge in [0.25, 0.3) is 5.56 Å². The van der Waals surface area contributed by atoms with Crippen LogP contribution in [0.25, 0.3) is 10.9 Å². The van der Waals surface area contributed by atoms with E-state index in [0.29, 0.717) is 11.3 Å². The second-order valence-electron chi connectivity index (χ2n) is 5.23. The van der Waals surface area contributed by atoms with Gasteiger partial charge in [0.1, 0.15) is 0 Å². The van der Waals surface area contributed by atoms with Crippen molar-refractivity contribution in [1.29, 1.82) is 0 Å². The highest BCUT2D eigenvalue weighted by Gasteiger charge is 2.18. The van der Waals surface area contributed by atoms with Crippen LogP contribution in [0.1, 0.15) is 0 Å². The van der Waals surface area contributed by atoms with Crippen molar-refractivity contribution in [3.05, 3.63) is 34.6 Å². The predicted octanol–water partition coefficient (Wildman–Crippen LogP) is 0.691. The molecule has 3 rings (SSSR count). The fraction of sp³-hybridized carbons (Fsp3) is 0.467. The number of H-pyrrole nitrogens is 1. The number of anilines is 1. The summed E-state index contributed by atoms with van der Waals surface area (Å²) in [5.74, 6) is 0.671. The number of hydrogen-bond acceptors (Lipinski definition) is 5. The molecule has 1 fully saturated rings. The molecule has 2 aromatic rings. The summed E-state index contributed by atoms with van der Waals surface area (Å²) in [5.41, 5.74) is 0.676. The summed E-state index contributed by atoms with van der Waals surface area (Å²) in [7, 11) is 1.72. The summed E-state index contributed by atoms with van der Waals surface area (Å²) in [5, 5.41) is 0.639. The molecule has 1 aromatic carbocycles. The van der Waals surface area contributed by atoms with Crippen LogP contribution in [0, 0.1) is 0 Å². The number of para-hydroxylation sites is 1. The molecular formula is C15H20N4O2. The zero-order valence-electron chi connectivity index (χ0n) is 12.2. The number of aromatic nitrogens is 2. The van der Waals surface area contributed by atoms with Gasteiger partial charge in [-0.1, -0.05) is 12.1 Å². The highest BCUT2D eigenvalue weighted by molar-refractivity contribution is 5.78. The van der Waals surface area contributed by atoms with E-state index in [1.54, 1.807) is 13.2 Å². The first kappa shape index (κ1) is 14.0. The molecule has 21 heavy (non-hydrogen) atoms. The molecule has 1 saturated heterocycles. The van der Waals surface area contributed by atoms with Crippen molar-refractivity contribution in [2.24, 2.45) is 0 Å². The van der Waals surface area contributed by atoms with Crippen LogP contribution in [0.5, 0.6) is 0 Å². The average molecular weight is 288 g/mol. The van der Waals surface area contributed by atoms with Gasteiger partial charge in [-0.25, -0.2) is 4.98 Å². The van der Waals surface area contributed by atoms with Crippen molar-refractivity contribution in [1.82, 2.24) is 14.9 Å². The van der Waals surface area contributed by atoms with Gasteiger partial charge in [0.15, 0.2) is 0 Å². The first-order valence-electron chi connectivity index (χ1n) is 7.23. The molecule has 112 valence electrons. The number of piperazine rings is 1. The molecule has 0 spiro atoms. The van der Waals surface area contributed by atoms with Gasteiger partial charge in [-0.3, -0.25) is 14.7 Å². The number of benzene rings is 1. The Bertz CT molecular complexity index is 662. The smallest absolute Gasteiger partial charge is 0.260 e. The van der Waals surface area contributed by atoms with E-state index >= 15 is 0 Å². The highest BCUT2D eigenvalue weighted by Crippen LogP contribution is 2.13. The summed E-state index contributed by atoms with van der Waals surface area (Å²) in [6.45, 7) is 5.35. The number of aromatic amines is 1. The fourth-order valence-corrected chi connectivity index (χ4v) is 2.63. The molecule has 0 unspecified atom stereocenters. The van der Waals surface area contributed by atoms with Crippen LogP contribution in [0.15, 0.2) is 29.1 Å². The average Bonchev–Trinajstić information content (AvgIpc) is 2.53. The van der Waals surface area contributed by atoms with Crippen LogP contribution in [-0.4, -0.2) is 61.3 Å². The van der Waals surface area contributed by atoms with E-state index in [1.807, 2.05) is 18.2 Å². The first-order chi connectivity index (χ1) is 10.3. The lowest BCUT2D eigenvalue weighted by atomic mass is 10.2. The van der Waals surface area contributed by atoms with Crippen molar-refractivity contribution >= 4 is 16.9 Å². The topological polar surface area (TPSA) is 61.5 Å². The van der Waals surface area contributed by atoms with E-state index in [1.165, 1.54) is 0 Å². The van der Waals surface area contributed by atoms with Gasteiger partial charge in [0.2, 0.25) is 5.95 Å². The van der Waals surface area contributed by atoms with Crippen molar-refractivity contribution in [3.8, 4) is 0 Å². The molecule has 0 saturated carbocycles. The molecule has 0 atom stereocenters. The highest BCUT2D eigenvalue weighted by atomic mass is 16.5. The Morgan fingerprint density at radius 3 is 2.76 bits per heavy atom. The fourth-order valence-electron chi connectivity index (χ4n) is 2.63. The van der Waals surface area contributed by atoms with E-state index in [0.717, 1.165) is 44.8 Å². The van der Waals surface area contributed by atoms with Crippen molar-refractivity contribution in [2.45, 2.75) is 0 Å². The van der Waals surface area contributed by atoms with Crippen LogP contribution >= 0.6 is 0 Å². The lowest BCUT2D eigenvalue weighted by molar-refractivity contribution is 0.144. The molecule has 0 radical (unpaired) electrons. The van der Waals surface area contributed by atoms with E-state index in [4.69, 9.17) is 4.74 Å². The number of rotatable bonds is 4. The summed E-state index contributed by atoms with van der Waals surface area (Å²) in [6, 6.07) is 7.44. The molecule has 1 aliphatic heterocycles. The molecule has 0 bridgehead atoms.